The van der Waals surface area contributed by atoms with Gasteiger partial charge in [-0.2, -0.15) is 4.57 Å². The van der Waals surface area contributed by atoms with Gasteiger partial charge in [-0.05, 0) is 11.6 Å². The molecule has 0 amide bonds. The first kappa shape index (κ1) is 15.3. The first-order chi connectivity index (χ1) is 12.4. The fourth-order valence-electron chi connectivity index (χ4n) is 2.89. The molecule has 0 radical (unpaired) electrons. The average molecular weight is 327 g/mol. The molecule has 4 heteroatoms. The highest BCUT2D eigenvalue weighted by Gasteiger charge is 2.16. The molecule has 0 fully saturated rings. The monoisotopic (exact) mass is 327 g/mol. The highest BCUT2D eigenvalue weighted by molar-refractivity contribution is 5.48. The Kier molecular flexibility index (Phi) is 4.33. The maximum absolute atomic E-state index is 4.38. The van der Waals surface area contributed by atoms with Crippen LogP contribution in [0.15, 0.2) is 91.3 Å². The van der Waals surface area contributed by atoms with Crippen LogP contribution in [-0.4, -0.2) is 15.0 Å². The van der Waals surface area contributed by atoms with E-state index in [1.807, 2.05) is 47.3 Å². The Bertz CT molecular complexity index is 946. The molecular formula is C21H19N4+. The number of pyridine rings is 1. The van der Waals surface area contributed by atoms with Crippen molar-refractivity contribution >= 4 is 0 Å². The minimum Gasteiger partial charge on any atom is -0.247 e. The summed E-state index contributed by atoms with van der Waals surface area (Å²) in [5.74, 6) is 0. The van der Waals surface area contributed by atoms with Crippen molar-refractivity contribution in [3.05, 3.63) is 102 Å². The number of hydrogen-bond acceptors (Lipinski definition) is 2. The highest BCUT2D eigenvalue weighted by Crippen LogP contribution is 2.13. The average Bonchev–Trinajstić information content (AvgIpc) is 3.12. The SMILES string of the molecule is c1ccc(Cn2cc(-c3cccc[n+]3Cc3ccccc3)nn2)cc1. The molecule has 2 aromatic heterocycles. The van der Waals surface area contributed by atoms with E-state index in [4.69, 9.17) is 0 Å². The van der Waals surface area contributed by atoms with E-state index < -0.39 is 0 Å². The zero-order valence-electron chi connectivity index (χ0n) is 13.9. The molecule has 0 aliphatic rings. The second-order valence-electron chi connectivity index (χ2n) is 5.99. The summed E-state index contributed by atoms with van der Waals surface area (Å²) in [4.78, 5) is 0. The van der Waals surface area contributed by atoms with Crippen LogP contribution < -0.4 is 4.57 Å². The minimum absolute atomic E-state index is 0.722. The zero-order chi connectivity index (χ0) is 16.9. The molecule has 0 spiro atoms. The molecule has 4 aromatic rings. The van der Waals surface area contributed by atoms with Crippen molar-refractivity contribution in [2.24, 2.45) is 0 Å². The van der Waals surface area contributed by atoms with Gasteiger partial charge in [0.05, 0.1) is 12.7 Å². The Morgan fingerprint density at radius 1 is 0.760 bits per heavy atom. The van der Waals surface area contributed by atoms with Crippen LogP contribution in [0.2, 0.25) is 0 Å². The topological polar surface area (TPSA) is 34.6 Å². The molecule has 25 heavy (non-hydrogen) atoms. The van der Waals surface area contributed by atoms with Crippen LogP contribution in [-0.2, 0) is 13.1 Å². The summed E-state index contributed by atoms with van der Waals surface area (Å²) in [6, 6.07) is 26.9. The van der Waals surface area contributed by atoms with Gasteiger partial charge in [0.25, 0.3) is 0 Å². The van der Waals surface area contributed by atoms with Gasteiger partial charge < -0.3 is 0 Å². The summed E-state index contributed by atoms with van der Waals surface area (Å²) in [5.41, 5.74) is 4.42. The van der Waals surface area contributed by atoms with E-state index in [-0.39, 0.29) is 0 Å². The predicted molar refractivity (Wildman–Crippen MR) is 96.7 cm³/mol. The van der Waals surface area contributed by atoms with Crippen molar-refractivity contribution in [1.82, 2.24) is 15.0 Å². The first-order valence-corrected chi connectivity index (χ1v) is 8.35. The second-order valence-corrected chi connectivity index (χ2v) is 5.99. The minimum atomic E-state index is 0.722. The van der Waals surface area contributed by atoms with Crippen LogP contribution in [0.5, 0.6) is 0 Å². The molecule has 0 N–H and O–H groups in total. The largest absolute Gasteiger partial charge is 0.247 e. The molecule has 4 rings (SSSR count). The van der Waals surface area contributed by atoms with E-state index in [0.717, 1.165) is 24.5 Å². The lowest BCUT2D eigenvalue weighted by Crippen LogP contribution is -2.36. The first-order valence-electron chi connectivity index (χ1n) is 8.35. The van der Waals surface area contributed by atoms with Crippen LogP contribution in [0, 0.1) is 0 Å². The third kappa shape index (κ3) is 3.63. The van der Waals surface area contributed by atoms with E-state index in [0.29, 0.717) is 0 Å². The molecule has 4 nitrogen and oxygen atoms in total. The Morgan fingerprint density at radius 3 is 2.20 bits per heavy atom. The maximum Gasteiger partial charge on any atom is 0.234 e. The van der Waals surface area contributed by atoms with Crippen molar-refractivity contribution in [1.29, 1.82) is 0 Å². The number of benzene rings is 2. The van der Waals surface area contributed by atoms with E-state index in [9.17, 15) is 0 Å². The van der Waals surface area contributed by atoms with E-state index in [1.54, 1.807) is 0 Å². The van der Waals surface area contributed by atoms with Crippen LogP contribution in [0.4, 0.5) is 0 Å². The van der Waals surface area contributed by atoms with Gasteiger partial charge in [0.15, 0.2) is 18.4 Å². The third-order valence-electron chi connectivity index (χ3n) is 4.12. The Balaban J connectivity index is 1.60. The van der Waals surface area contributed by atoms with Crippen LogP contribution in [0.3, 0.4) is 0 Å². The summed E-state index contributed by atoms with van der Waals surface area (Å²) in [5, 5.41) is 8.67. The maximum atomic E-state index is 4.38. The Morgan fingerprint density at radius 2 is 1.44 bits per heavy atom. The van der Waals surface area contributed by atoms with Gasteiger partial charge in [0.1, 0.15) is 0 Å². The summed E-state index contributed by atoms with van der Waals surface area (Å²) in [6.45, 7) is 1.53. The molecule has 0 aliphatic carbocycles. The zero-order valence-corrected chi connectivity index (χ0v) is 13.9. The van der Waals surface area contributed by atoms with Gasteiger partial charge in [-0.25, -0.2) is 4.68 Å². The second kappa shape index (κ2) is 7.09. The molecule has 0 saturated carbocycles. The van der Waals surface area contributed by atoms with Gasteiger partial charge in [0, 0.05) is 17.7 Å². The number of rotatable bonds is 5. The van der Waals surface area contributed by atoms with Crippen molar-refractivity contribution in [3.8, 4) is 11.4 Å². The summed E-state index contributed by atoms with van der Waals surface area (Å²) in [7, 11) is 0. The molecule has 2 heterocycles. The normalized spacial score (nSPS) is 10.7. The van der Waals surface area contributed by atoms with Crippen LogP contribution >= 0.6 is 0 Å². The molecule has 0 unspecified atom stereocenters. The summed E-state index contributed by atoms with van der Waals surface area (Å²) < 4.78 is 4.08. The lowest BCUT2D eigenvalue weighted by molar-refractivity contribution is -0.677. The number of nitrogens with zero attached hydrogens (tertiary/aromatic N) is 4. The van der Waals surface area contributed by atoms with E-state index >= 15 is 0 Å². The number of hydrogen-bond donors (Lipinski definition) is 0. The molecule has 122 valence electrons. The molecule has 2 aromatic carbocycles. The molecule has 0 atom stereocenters. The van der Waals surface area contributed by atoms with Gasteiger partial charge in [-0.1, -0.05) is 65.9 Å². The van der Waals surface area contributed by atoms with Crippen LogP contribution in [0.25, 0.3) is 11.4 Å². The van der Waals surface area contributed by atoms with Crippen molar-refractivity contribution < 1.29 is 4.57 Å². The fraction of sp³-hybridized carbons (Fsp3) is 0.0952. The van der Waals surface area contributed by atoms with Gasteiger partial charge in [-0.3, -0.25) is 0 Å². The van der Waals surface area contributed by atoms with Crippen molar-refractivity contribution in [2.45, 2.75) is 13.1 Å². The number of aromatic nitrogens is 4. The standard InChI is InChI=1S/C21H19N4/c1-3-9-18(10-4-1)15-24-14-8-7-13-21(24)20-17-25(23-22-20)16-19-11-5-2-6-12-19/h1-14,17H,15-16H2/q+1. The van der Waals surface area contributed by atoms with Crippen molar-refractivity contribution in [2.75, 3.05) is 0 Å². The Labute approximate surface area is 147 Å². The summed E-state index contributed by atoms with van der Waals surface area (Å²) >= 11 is 0. The lowest BCUT2D eigenvalue weighted by Gasteiger charge is -2.02. The molecule has 0 aliphatic heterocycles. The Hall–Kier alpha value is -3.27. The van der Waals surface area contributed by atoms with Gasteiger partial charge in [0.2, 0.25) is 5.69 Å². The highest BCUT2D eigenvalue weighted by atomic mass is 15.4. The van der Waals surface area contributed by atoms with Crippen LogP contribution in [0.1, 0.15) is 11.1 Å². The van der Waals surface area contributed by atoms with Gasteiger partial charge >= 0.3 is 0 Å². The lowest BCUT2D eigenvalue weighted by atomic mass is 10.2. The quantitative estimate of drug-likeness (QED) is 0.527. The third-order valence-corrected chi connectivity index (χ3v) is 4.12. The molecular weight excluding hydrogens is 308 g/mol. The predicted octanol–water partition coefficient (Wildman–Crippen LogP) is 3.33. The molecule has 0 bridgehead atoms. The summed E-state index contributed by atoms with van der Waals surface area (Å²) in [6.07, 6.45) is 4.09. The fourth-order valence-corrected chi connectivity index (χ4v) is 2.89. The van der Waals surface area contributed by atoms with Gasteiger partial charge in [-0.15, -0.1) is 5.10 Å². The van der Waals surface area contributed by atoms with Crippen molar-refractivity contribution in [3.63, 3.8) is 0 Å². The van der Waals surface area contributed by atoms with E-state index in [2.05, 4.69) is 63.5 Å². The smallest absolute Gasteiger partial charge is 0.234 e. The molecule has 0 saturated heterocycles. The van der Waals surface area contributed by atoms with E-state index in [1.165, 1.54) is 11.1 Å².